The monoisotopic (exact) mass is 339 g/mol. The molecule has 7 heteroatoms. The molecular weight excluding hydrogens is 318 g/mol. The molecule has 0 aliphatic carbocycles. The van der Waals surface area contributed by atoms with Gasteiger partial charge in [0, 0.05) is 18.9 Å². The number of nitrogen functional groups attached to an aromatic ring is 1. The second-order valence-corrected chi connectivity index (χ2v) is 6.17. The first kappa shape index (κ1) is 16.9. The molecule has 3 N–H and O–H groups in total. The number of hydrogen-bond donors (Lipinski definition) is 2. The molecule has 0 spiro atoms. The van der Waals surface area contributed by atoms with E-state index in [1.54, 1.807) is 30.3 Å². The summed E-state index contributed by atoms with van der Waals surface area (Å²) in [7, 11) is 0. The summed E-state index contributed by atoms with van der Waals surface area (Å²) in [5.74, 6) is -0.791. The normalized spacial score (nSPS) is 17.2. The maximum absolute atomic E-state index is 12.7. The topological polar surface area (TPSA) is 101 Å². The number of carbonyl (C=O) groups is 2. The highest BCUT2D eigenvalue weighted by Gasteiger charge is 2.31. The third-order valence-electron chi connectivity index (χ3n) is 4.43. The van der Waals surface area contributed by atoms with E-state index in [2.05, 4.69) is 15.3 Å². The molecule has 1 aliphatic heterocycles. The lowest BCUT2D eigenvalue weighted by molar-refractivity contribution is -0.145. The van der Waals surface area contributed by atoms with E-state index in [1.165, 1.54) is 6.20 Å². The molecule has 0 radical (unpaired) electrons. The van der Waals surface area contributed by atoms with Gasteiger partial charge in [-0.25, -0.2) is 4.98 Å². The highest BCUT2D eigenvalue weighted by molar-refractivity contribution is 6.39. The minimum absolute atomic E-state index is 0.0960. The molecular formula is C18H21N5O2. The van der Waals surface area contributed by atoms with Crippen LogP contribution < -0.4 is 11.1 Å². The molecule has 3 rings (SSSR count). The van der Waals surface area contributed by atoms with Gasteiger partial charge in [-0.15, -0.1) is 0 Å². The van der Waals surface area contributed by atoms with Crippen molar-refractivity contribution in [1.29, 1.82) is 0 Å². The summed E-state index contributed by atoms with van der Waals surface area (Å²) in [5.41, 5.74) is 7.88. The Labute approximate surface area is 146 Å². The minimum atomic E-state index is -0.660. The second kappa shape index (κ2) is 7.29. The van der Waals surface area contributed by atoms with E-state index >= 15 is 0 Å². The first-order valence-electron chi connectivity index (χ1n) is 8.30. The van der Waals surface area contributed by atoms with Crippen LogP contribution in [0.2, 0.25) is 0 Å². The molecule has 2 aromatic heterocycles. The van der Waals surface area contributed by atoms with Crippen molar-refractivity contribution < 1.29 is 9.59 Å². The fourth-order valence-corrected chi connectivity index (χ4v) is 3.08. The number of nitrogens with two attached hydrogens (primary N) is 1. The number of amides is 2. The zero-order valence-corrected chi connectivity index (χ0v) is 14.1. The number of carbonyl (C=O) groups excluding carboxylic acids is 2. The van der Waals surface area contributed by atoms with Crippen molar-refractivity contribution in [1.82, 2.24) is 14.9 Å². The van der Waals surface area contributed by atoms with Crippen LogP contribution in [0.15, 0.2) is 36.8 Å². The molecule has 1 unspecified atom stereocenters. The maximum Gasteiger partial charge on any atom is 0.313 e. The molecule has 25 heavy (non-hydrogen) atoms. The molecule has 1 fully saturated rings. The van der Waals surface area contributed by atoms with Gasteiger partial charge in [-0.2, -0.15) is 0 Å². The molecule has 130 valence electrons. The van der Waals surface area contributed by atoms with Gasteiger partial charge in [-0.05, 0) is 55.5 Å². The van der Waals surface area contributed by atoms with E-state index in [9.17, 15) is 9.59 Å². The Bertz CT molecular complexity index is 778. The van der Waals surface area contributed by atoms with E-state index in [0.29, 0.717) is 18.1 Å². The lowest BCUT2D eigenvalue weighted by Gasteiger charge is -2.35. The smallest absolute Gasteiger partial charge is 0.313 e. The molecule has 1 saturated heterocycles. The van der Waals surface area contributed by atoms with E-state index in [-0.39, 0.29) is 6.04 Å². The summed E-state index contributed by atoms with van der Waals surface area (Å²) in [6.45, 7) is 2.36. The van der Waals surface area contributed by atoms with E-state index in [4.69, 9.17) is 5.73 Å². The highest BCUT2D eigenvalue weighted by atomic mass is 16.2. The van der Waals surface area contributed by atoms with Crippen LogP contribution in [0.3, 0.4) is 0 Å². The number of pyridine rings is 2. The number of nitrogens with one attached hydrogen (secondary N) is 1. The average Bonchev–Trinajstić information content (AvgIpc) is 2.65. The van der Waals surface area contributed by atoms with Gasteiger partial charge in [-0.1, -0.05) is 0 Å². The van der Waals surface area contributed by atoms with Crippen LogP contribution in [0.25, 0.3) is 0 Å². The van der Waals surface area contributed by atoms with Crippen molar-refractivity contribution >= 4 is 23.3 Å². The van der Waals surface area contributed by atoms with Crippen LogP contribution in [0, 0.1) is 6.92 Å². The van der Waals surface area contributed by atoms with Gasteiger partial charge in [0.25, 0.3) is 0 Å². The third kappa shape index (κ3) is 3.76. The molecule has 1 aliphatic rings. The van der Waals surface area contributed by atoms with Gasteiger partial charge in [0.05, 0.1) is 17.9 Å². The van der Waals surface area contributed by atoms with Crippen molar-refractivity contribution in [3.05, 3.63) is 47.9 Å². The summed E-state index contributed by atoms with van der Waals surface area (Å²) >= 11 is 0. The fourth-order valence-electron chi connectivity index (χ4n) is 3.08. The predicted molar refractivity (Wildman–Crippen MR) is 94.6 cm³/mol. The summed E-state index contributed by atoms with van der Waals surface area (Å²) in [4.78, 5) is 34.8. The van der Waals surface area contributed by atoms with Crippen LogP contribution in [0.4, 0.5) is 11.5 Å². The molecule has 2 amide bonds. The molecule has 2 aromatic rings. The molecule has 0 saturated carbocycles. The molecule has 7 nitrogen and oxygen atoms in total. The van der Waals surface area contributed by atoms with Crippen molar-refractivity contribution in [2.24, 2.45) is 0 Å². The number of anilines is 2. The zero-order valence-electron chi connectivity index (χ0n) is 14.1. The number of piperidine rings is 1. The Balaban J connectivity index is 1.75. The van der Waals surface area contributed by atoms with E-state index in [0.717, 1.165) is 30.4 Å². The summed E-state index contributed by atoms with van der Waals surface area (Å²) in [6.07, 6.45) is 7.61. The van der Waals surface area contributed by atoms with Crippen molar-refractivity contribution in [2.75, 3.05) is 17.6 Å². The first-order chi connectivity index (χ1) is 12.1. The highest BCUT2D eigenvalue weighted by Crippen LogP contribution is 2.30. The summed E-state index contributed by atoms with van der Waals surface area (Å²) in [6, 6.07) is 5.38. The van der Waals surface area contributed by atoms with Gasteiger partial charge < -0.3 is 16.0 Å². The van der Waals surface area contributed by atoms with Crippen LogP contribution in [0.5, 0.6) is 0 Å². The maximum atomic E-state index is 12.7. The van der Waals surface area contributed by atoms with Crippen LogP contribution in [0.1, 0.15) is 36.4 Å². The third-order valence-corrected chi connectivity index (χ3v) is 4.43. The molecule has 0 bridgehead atoms. The predicted octanol–water partition coefficient (Wildman–Crippen LogP) is 2.06. The number of likely N-dealkylation sites (tertiary alicyclic amines) is 1. The SMILES string of the molecule is Cc1cc(NC(=O)C(=O)N2CCCCC2c2ccncc2)cnc1N. The Hall–Kier alpha value is -2.96. The molecule has 1 atom stereocenters. The Morgan fingerprint density at radius 3 is 2.76 bits per heavy atom. The van der Waals surface area contributed by atoms with Gasteiger partial charge in [0.2, 0.25) is 0 Å². The molecule has 0 aromatic carbocycles. The van der Waals surface area contributed by atoms with Crippen LogP contribution >= 0.6 is 0 Å². The van der Waals surface area contributed by atoms with Gasteiger partial charge in [0.15, 0.2) is 0 Å². The average molecular weight is 339 g/mol. The number of aromatic nitrogens is 2. The van der Waals surface area contributed by atoms with Crippen LogP contribution in [-0.2, 0) is 9.59 Å². The van der Waals surface area contributed by atoms with Gasteiger partial charge in [-0.3, -0.25) is 14.6 Å². The molecule has 3 heterocycles. The standard InChI is InChI=1S/C18H21N5O2/c1-12-10-14(11-21-16(12)19)22-17(24)18(25)23-9-3-2-4-15(23)13-5-7-20-8-6-13/h5-8,10-11,15H,2-4,9H2,1H3,(H2,19,21)(H,22,24). The van der Waals surface area contributed by atoms with Crippen LogP contribution in [-0.4, -0.2) is 33.2 Å². The van der Waals surface area contributed by atoms with Crippen molar-refractivity contribution in [2.45, 2.75) is 32.2 Å². The van der Waals surface area contributed by atoms with E-state index < -0.39 is 11.8 Å². The lowest BCUT2D eigenvalue weighted by Crippen LogP contribution is -2.44. The summed E-state index contributed by atoms with van der Waals surface area (Å²) < 4.78 is 0. The Kier molecular flexibility index (Phi) is 4.92. The number of rotatable bonds is 2. The fraction of sp³-hybridized carbons (Fsp3) is 0.333. The van der Waals surface area contributed by atoms with Gasteiger partial charge >= 0.3 is 11.8 Å². The number of nitrogens with zero attached hydrogens (tertiary/aromatic N) is 3. The first-order valence-corrected chi connectivity index (χ1v) is 8.30. The van der Waals surface area contributed by atoms with Crippen molar-refractivity contribution in [3.8, 4) is 0 Å². The number of aryl methyl sites for hydroxylation is 1. The minimum Gasteiger partial charge on any atom is -0.383 e. The largest absolute Gasteiger partial charge is 0.383 e. The Morgan fingerprint density at radius 2 is 2.04 bits per heavy atom. The Morgan fingerprint density at radius 1 is 1.28 bits per heavy atom. The summed E-state index contributed by atoms with van der Waals surface area (Å²) in [5, 5.41) is 2.62. The zero-order chi connectivity index (χ0) is 17.8. The second-order valence-electron chi connectivity index (χ2n) is 6.17. The van der Waals surface area contributed by atoms with Crippen molar-refractivity contribution in [3.63, 3.8) is 0 Å². The van der Waals surface area contributed by atoms with Gasteiger partial charge in [0.1, 0.15) is 5.82 Å². The lowest BCUT2D eigenvalue weighted by atomic mass is 9.96. The number of hydrogen-bond acceptors (Lipinski definition) is 5. The quantitative estimate of drug-likeness (QED) is 0.816. The van der Waals surface area contributed by atoms with E-state index in [1.807, 2.05) is 12.1 Å².